The first-order chi connectivity index (χ1) is 15.9. The van der Waals surface area contributed by atoms with Gasteiger partial charge in [-0.1, -0.05) is 13.8 Å². The summed E-state index contributed by atoms with van der Waals surface area (Å²) in [6.45, 7) is 8.29. The van der Waals surface area contributed by atoms with Crippen LogP contribution in [0, 0.1) is 5.92 Å². The lowest BCUT2D eigenvalue weighted by Crippen LogP contribution is -2.38. The number of hydrogen-bond acceptors (Lipinski definition) is 11. The van der Waals surface area contributed by atoms with E-state index in [2.05, 4.69) is 15.0 Å². The summed E-state index contributed by atoms with van der Waals surface area (Å²) in [6.07, 6.45) is -6.78. The molecule has 3 heterocycles. The molecule has 1 saturated heterocycles. The van der Waals surface area contributed by atoms with Gasteiger partial charge in [0, 0.05) is 0 Å². The van der Waals surface area contributed by atoms with E-state index in [4.69, 9.17) is 41.0 Å². The molecule has 0 bridgehead atoms. The van der Waals surface area contributed by atoms with E-state index >= 15 is 4.39 Å². The molecule has 0 aromatic carbocycles. The number of nitrogens with two attached hydrogens (primary N) is 1. The van der Waals surface area contributed by atoms with E-state index in [1.807, 2.05) is 13.8 Å². The molecule has 2 aromatic rings. The number of imidazole rings is 1. The molecule has 2 aromatic heterocycles. The zero-order chi connectivity index (χ0) is 25.2. The molecule has 0 unspecified atom stereocenters. The van der Waals surface area contributed by atoms with Gasteiger partial charge in [-0.25, -0.2) is 19.0 Å². The summed E-state index contributed by atoms with van der Waals surface area (Å²) in [5, 5.41) is -0.172. The lowest BCUT2D eigenvalue weighted by Gasteiger charge is -2.23. The molecule has 1 fully saturated rings. The topological polar surface area (TPSA) is 150 Å². The van der Waals surface area contributed by atoms with Crippen molar-refractivity contribution in [1.29, 1.82) is 0 Å². The summed E-state index contributed by atoms with van der Waals surface area (Å²) in [4.78, 5) is 36.0. The fourth-order valence-electron chi connectivity index (χ4n) is 3.10. The van der Waals surface area contributed by atoms with Gasteiger partial charge < -0.3 is 29.4 Å². The molecule has 1 aliphatic heterocycles. The summed E-state index contributed by atoms with van der Waals surface area (Å²) >= 11 is 5.88. The number of nitrogen functional groups attached to an aromatic ring is 1. The van der Waals surface area contributed by atoms with Crippen molar-refractivity contribution >= 4 is 40.9 Å². The van der Waals surface area contributed by atoms with Gasteiger partial charge >= 0.3 is 12.3 Å². The van der Waals surface area contributed by atoms with Crippen LogP contribution >= 0.6 is 11.6 Å². The van der Waals surface area contributed by atoms with Gasteiger partial charge in [-0.05, 0) is 38.3 Å². The fourth-order valence-corrected chi connectivity index (χ4v) is 3.27. The van der Waals surface area contributed by atoms with Crippen LogP contribution in [-0.4, -0.2) is 69.0 Å². The number of fused-ring (bicyclic) bond motifs is 1. The monoisotopic (exact) mass is 503 g/mol. The Morgan fingerprint density at radius 3 is 2.62 bits per heavy atom. The first-order valence-electron chi connectivity index (χ1n) is 10.5. The van der Waals surface area contributed by atoms with Crippen molar-refractivity contribution in [3.8, 4) is 0 Å². The molecule has 0 saturated carbocycles. The van der Waals surface area contributed by atoms with Crippen molar-refractivity contribution in [2.45, 2.75) is 64.8 Å². The number of rotatable bonds is 6. The fraction of sp³-hybridized carbons (Fsp3) is 0.650. The van der Waals surface area contributed by atoms with E-state index < -0.39 is 49.1 Å². The third kappa shape index (κ3) is 6.14. The highest BCUT2D eigenvalue weighted by atomic mass is 35.5. The van der Waals surface area contributed by atoms with Crippen molar-refractivity contribution in [2.75, 3.05) is 18.9 Å². The Bertz CT molecular complexity index is 1040. The van der Waals surface area contributed by atoms with Gasteiger partial charge in [-0.3, -0.25) is 4.57 Å². The average molecular weight is 504 g/mol. The van der Waals surface area contributed by atoms with Crippen LogP contribution in [0.1, 0.15) is 40.8 Å². The summed E-state index contributed by atoms with van der Waals surface area (Å²) in [7, 11) is 0. The number of nitrogens with zero attached hydrogens (tertiary/aromatic N) is 4. The number of hydrogen-bond donors (Lipinski definition) is 1. The third-order valence-corrected chi connectivity index (χ3v) is 4.65. The second kappa shape index (κ2) is 10.1. The maximum absolute atomic E-state index is 15.6. The normalized spacial score (nSPS) is 22.7. The van der Waals surface area contributed by atoms with Crippen LogP contribution in [0.2, 0.25) is 5.28 Å². The first kappa shape index (κ1) is 25.7. The van der Waals surface area contributed by atoms with Crippen LogP contribution in [0.5, 0.6) is 0 Å². The molecule has 0 aliphatic carbocycles. The Morgan fingerprint density at radius 2 is 1.97 bits per heavy atom. The Kier molecular flexibility index (Phi) is 7.66. The molecule has 12 nitrogen and oxygen atoms in total. The second-order valence-corrected chi connectivity index (χ2v) is 9.36. The lowest BCUT2D eigenvalue weighted by atomic mass is 10.1. The molecule has 14 heteroatoms. The first-order valence-corrected chi connectivity index (χ1v) is 10.9. The van der Waals surface area contributed by atoms with Gasteiger partial charge in [-0.2, -0.15) is 9.97 Å². The van der Waals surface area contributed by atoms with Crippen LogP contribution in [0.3, 0.4) is 0 Å². The lowest BCUT2D eigenvalue weighted by molar-refractivity contribution is -0.0756. The van der Waals surface area contributed by atoms with E-state index in [0.717, 1.165) is 0 Å². The van der Waals surface area contributed by atoms with Gasteiger partial charge in [0.05, 0.1) is 12.9 Å². The quantitative estimate of drug-likeness (QED) is 0.456. The maximum atomic E-state index is 15.6. The highest BCUT2D eigenvalue weighted by molar-refractivity contribution is 6.28. The average Bonchev–Trinajstić information content (AvgIpc) is 3.25. The Morgan fingerprint density at radius 1 is 1.26 bits per heavy atom. The van der Waals surface area contributed by atoms with Gasteiger partial charge in [-0.15, -0.1) is 0 Å². The summed E-state index contributed by atoms with van der Waals surface area (Å²) in [5.74, 6) is 0.0883. The highest BCUT2D eigenvalue weighted by Gasteiger charge is 2.50. The summed E-state index contributed by atoms with van der Waals surface area (Å²) < 4.78 is 42.9. The van der Waals surface area contributed by atoms with E-state index in [9.17, 15) is 9.59 Å². The van der Waals surface area contributed by atoms with Crippen LogP contribution in [0.15, 0.2) is 6.33 Å². The van der Waals surface area contributed by atoms with Gasteiger partial charge in [0.15, 0.2) is 30.0 Å². The minimum atomic E-state index is -1.92. The van der Waals surface area contributed by atoms with E-state index in [1.165, 1.54) is 10.9 Å². The number of anilines is 1. The van der Waals surface area contributed by atoms with Crippen molar-refractivity contribution < 1.29 is 37.7 Å². The Hall–Kier alpha value is -2.93. The molecule has 0 amide bonds. The Balaban J connectivity index is 1.83. The van der Waals surface area contributed by atoms with Gasteiger partial charge in [0.1, 0.15) is 23.8 Å². The number of halogens is 2. The van der Waals surface area contributed by atoms with E-state index in [0.29, 0.717) is 0 Å². The number of carbonyl (C=O) groups is 2. The standard InChI is InChI=1S/C20H27ClFN5O7/c1-9(2)6-30-18(28)31-7-10-13(33-19(29)34-20(3,4)5)11(22)16(32-10)27-8-24-12-14(23)25-17(21)26-15(12)27/h8-11,13,16H,6-7H2,1-5H3,(H2,23,25,26)/t10-,11+,13-,16-/m1/s1. The summed E-state index contributed by atoms with van der Waals surface area (Å²) in [5.41, 5.74) is 5.23. The SMILES string of the molecule is CC(C)COC(=O)OC[C@H]1O[C@@H](n2cnc3c(N)nc(Cl)nc32)[C@@H](F)[C@@H]1OC(=O)OC(C)(C)C. The highest BCUT2D eigenvalue weighted by Crippen LogP contribution is 2.36. The van der Waals surface area contributed by atoms with Crippen molar-refractivity contribution in [2.24, 2.45) is 5.92 Å². The molecular formula is C20H27ClFN5O7. The van der Waals surface area contributed by atoms with Gasteiger partial charge in [0.2, 0.25) is 5.28 Å². The van der Waals surface area contributed by atoms with Crippen LogP contribution < -0.4 is 5.73 Å². The van der Waals surface area contributed by atoms with E-state index in [-0.39, 0.29) is 34.8 Å². The molecule has 1 aliphatic rings. The molecule has 2 N–H and O–H groups in total. The number of alkyl halides is 1. The van der Waals surface area contributed by atoms with Crippen molar-refractivity contribution in [3.05, 3.63) is 11.6 Å². The molecule has 34 heavy (non-hydrogen) atoms. The zero-order valence-corrected chi connectivity index (χ0v) is 20.1. The van der Waals surface area contributed by atoms with Crippen LogP contribution in [0.25, 0.3) is 11.2 Å². The van der Waals surface area contributed by atoms with Crippen molar-refractivity contribution in [1.82, 2.24) is 19.5 Å². The smallest absolute Gasteiger partial charge is 0.434 e. The second-order valence-electron chi connectivity index (χ2n) is 9.02. The van der Waals surface area contributed by atoms with Gasteiger partial charge in [0.25, 0.3) is 0 Å². The predicted octanol–water partition coefficient (Wildman–Crippen LogP) is 3.43. The largest absolute Gasteiger partial charge is 0.509 e. The maximum Gasteiger partial charge on any atom is 0.509 e. The number of carbonyl (C=O) groups excluding carboxylic acids is 2. The minimum absolute atomic E-state index is 0.00325. The molecule has 0 radical (unpaired) electrons. The Labute approximate surface area is 199 Å². The summed E-state index contributed by atoms with van der Waals surface area (Å²) in [6, 6.07) is 0. The van der Waals surface area contributed by atoms with Crippen molar-refractivity contribution in [3.63, 3.8) is 0 Å². The predicted molar refractivity (Wildman–Crippen MR) is 117 cm³/mol. The van der Waals surface area contributed by atoms with E-state index in [1.54, 1.807) is 20.8 Å². The molecule has 4 atom stereocenters. The van der Waals surface area contributed by atoms with Crippen LogP contribution in [-0.2, 0) is 23.7 Å². The zero-order valence-electron chi connectivity index (χ0n) is 19.4. The van der Waals surface area contributed by atoms with Crippen LogP contribution in [0.4, 0.5) is 19.8 Å². The molecule has 188 valence electrons. The number of ether oxygens (including phenoxy) is 5. The number of aromatic nitrogens is 4. The third-order valence-electron chi connectivity index (χ3n) is 4.48. The minimum Gasteiger partial charge on any atom is -0.434 e. The molecule has 0 spiro atoms. The molecule has 3 rings (SSSR count). The molecular weight excluding hydrogens is 477 g/mol.